The Bertz CT molecular complexity index is 852. The van der Waals surface area contributed by atoms with E-state index in [-0.39, 0.29) is 5.97 Å². The van der Waals surface area contributed by atoms with E-state index in [0.717, 1.165) is 37.9 Å². The fourth-order valence-electron chi connectivity index (χ4n) is 4.79. The molecule has 34 heavy (non-hydrogen) atoms. The van der Waals surface area contributed by atoms with Crippen LogP contribution in [0.1, 0.15) is 106 Å². The minimum Gasteiger partial charge on any atom is -0.464 e. The van der Waals surface area contributed by atoms with Crippen molar-refractivity contribution >= 4 is 28.9 Å². The summed E-state index contributed by atoms with van der Waals surface area (Å²) in [5.74, 6) is -0.182. The SMILES string of the molecule is CCCCCCCCCCCCCCOC(=O)[C@H](c1ccccc1Cl)N1CCc2s[c]cc2C1. The normalized spacial score (nSPS) is 14.6. The van der Waals surface area contributed by atoms with E-state index in [2.05, 4.69) is 17.2 Å². The number of halogens is 1. The average molecular weight is 503 g/mol. The maximum Gasteiger partial charge on any atom is 0.328 e. The minimum atomic E-state index is -0.459. The first-order valence-electron chi connectivity index (χ1n) is 13.3. The number of fused-ring (bicyclic) bond motifs is 1. The van der Waals surface area contributed by atoms with Gasteiger partial charge in [-0.3, -0.25) is 4.90 Å². The molecule has 3 rings (SSSR count). The Morgan fingerprint density at radius 3 is 2.35 bits per heavy atom. The second kappa shape index (κ2) is 15.6. The first-order valence-corrected chi connectivity index (χ1v) is 14.5. The van der Waals surface area contributed by atoms with Gasteiger partial charge in [0.2, 0.25) is 0 Å². The maximum absolute atomic E-state index is 13.2. The van der Waals surface area contributed by atoms with Gasteiger partial charge in [-0.25, -0.2) is 4.79 Å². The van der Waals surface area contributed by atoms with Crippen molar-refractivity contribution in [3.8, 4) is 0 Å². The molecule has 0 fully saturated rings. The van der Waals surface area contributed by atoms with Crippen LogP contribution in [0.3, 0.4) is 0 Å². The van der Waals surface area contributed by atoms with Gasteiger partial charge in [0.1, 0.15) is 6.04 Å². The Kier molecular flexibility index (Phi) is 12.5. The number of carbonyl (C=O) groups excluding carboxylic acids is 1. The van der Waals surface area contributed by atoms with Gasteiger partial charge in [0.15, 0.2) is 0 Å². The molecule has 1 aromatic heterocycles. The van der Waals surface area contributed by atoms with Crippen LogP contribution in [0.25, 0.3) is 0 Å². The molecule has 187 valence electrons. The molecule has 0 amide bonds. The number of hydrogen-bond acceptors (Lipinski definition) is 4. The van der Waals surface area contributed by atoms with Crippen molar-refractivity contribution in [2.45, 2.75) is 103 Å². The summed E-state index contributed by atoms with van der Waals surface area (Å²) in [6.45, 7) is 4.32. The van der Waals surface area contributed by atoms with E-state index in [1.807, 2.05) is 30.3 Å². The number of esters is 1. The molecule has 1 radical (unpaired) electrons. The van der Waals surface area contributed by atoms with Crippen molar-refractivity contribution in [1.29, 1.82) is 0 Å². The molecular weight excluding hydrogens is 462 g/mol. The van der Waals surface area contributed by atoms with Gasteiger partial charge in [0, 0.05) is 28.4 Å². The van der Waals surface area contributed by atoms with Gasteiger partial charge >= 0.3 is 5.97 Å². The highest BCUT2D eigenvalue weighted by Gasteiger charge is 2.33. The molecule has 2 aromatic rings. The molecule has 0 spiro atoms. The summed E-state index contributed by atoms with van der Waals surface area (Å²) in [5.41, 5.74) is 2.11. The van der Waals surface area contributed by atoms with Crippen LogP contribution in [0.15, 0.2) is 30.3 Å². The molecule has 1 aliphatic heterocycles. The lowest BCUT2D eigenvalue weighted by Crippen LogP contribution is -2.38. The highest BCUT2D eigenvalue weighted by molar-refractivity contribution is 7.09. The molecule has 0 aliphatic carbocycles. The van der Waals surface area contributed by atoms with Gasteiger partial charge in [0.25, 0.3) is 0 Å². The fraction of sp³-hybridized carbons (Fsp3) is 0.621. The molecule has 5 heteroatoms. The summed E-state index contributed by atoms with van der Waals surface area (Å²) in [4.78, 5) is 16.8. The van der Waals surface area contributed by atoms with Crippen LogP contribution in [0, 0.1) is 5.38 Å². The Labute approximate surface area is 215 Å². The van der Waals surface area contributed by atoms with E-state index >= 15 is 0 Å². The smallest absolute Gasteiger partial charge is 0.328 e. The first kappa shape index (κ1) is 27.2. The van der Waals surface area contributed by atoms with Gasteiger partial charge in [0.05, 0.1) is 6.61 Å². The van der Waals surface area contributed by atoms with Crippen LogP contribution in [0.4, 0.5) is 0 Å². The minimum absolute atomic E-state index is 0.182. The summed E-state index contributed by atoms with van der Waals surface area (Å²) < 4.78 is 5.78. The van der Waals surface area contributed by atoms with Crippen molar-refractivity contribution in [2.24, 2.45) is 0 Å². The van der Waals surface area contributed by atoms with Crippen LogP contribution < -0.4 is 0 Å². The topological polar surface area (TPSA) is 29.5 Å². The Morgan fingerprint density at radius 1 is 1.03 bits per heavy atom. The number of unbranched alkanes of at least 4 members (excludes halogenated alkanes) is 11. The number of thiophene rings is 1. The number of rotatable bonds is 16. The van der Waals surface area contributed by atoms with Crippen LogP contribution in [0.2, 0.25) is 5.02 Å². The number of carbonyl (C=O) groups is 1. The Hall–Kier alpha value is -1.36. The second-order valence-corrected chi connectivity index (χ2v) is 10.9. The molecular formula is C29H41ClNO2S. The van der Waals surface area contributed by atoms with Crippen LogP contribution in [0.5, 0.6) is 0 Å². The zero-order valence-corrected chi connectivity index (χ0v) is 22.4. The van der Waals surface area contributed by atoms with E-state index in [4.69, 9.17) is 16.3 Å². The molecule has 0 bridgehead atoms. The second-order valence-electron chi connectivity index (χ2n) is 9.51. The predicted octanol–water partition coefficient (Wildman–Crippen LogP) is 8.55. The van der Waals surface area contributed by atoms with Crippen molar-refractivity contribution < 1.29 is 9.53 Å². The standard InChI is InChI=1S/C29H41ClNO2S/c1-2-3-4-5-6-7-8-9-10-11-12-15-21-33-29(32)28(25-16-13-14-17-26(25)30)31-20-18-27-24(23-31)19-22-34-27/h13-14,16-17,19,28H,2-12,15,18,20-21,23H2,1H3/t28-/m0/s1. The fourth-order valence-corrected chi connectivity index (χ4v) is 5.82. The summed E-state index contributed by atoms with van der Waals surface area (Å²) in [7, 11) is 0. The third-order valence-corrected chi connectivity index (χ3v) is 8.10. The van der Waals surface area contributed by atoms with E-state index in [1.54, 1.807) is 11.3 Å². The number of benzene rings is 1. The van der Waals surface area contributed by atoms with Gasteiger partial charge in [-0.15, -0.1) is 11.3 Å². The van der Waals surface area contributed by atoms with E-state index in [9.17, 15) is 4.79 Å². The molecule has 3 nitrogen and oxygen atoms in total. The highest BCUT2D eigenvalue weighted by atomic mass is 35.5. The van der Waals surface area contributed by atoms with Crippen molar-refractivity contribution in [2.75, 3.05) is 13.2 Å². The molecule has 1 aliphatic rings. The van der Waals surface area contributed by atoms with Gasteiger partial charge in [-0.1, -0.05) is 107 Å². The number of ether oxygens (including phenoxy) is 1. The summed E-state index contributed by atoms with van der Waals surface area (Å²) in [5, 5.41) is 3.86. The number of hydrogen-bond donors (Lipinski definition) is 0. The van der Waals surface area contributed by atoms with Crippen molar-refractivity contribution in [3.63, 3.8) is 0 Å². The highest BCUT2D eigenvalue weighted by Crippen LogP contribution is 2.34. The van der Waals surface area contributed by atoms with E-state index in [1.165, 1.54) is 74.6 Å². The van der Waals surface area contributed by atoms with Gasteiger partial charge < -0.3 is 4.74 Å². The Morgan fingerprint density at radius 2 is 1.68 bits per heavy atom. The molecule has 1 atom stereocenters. The van der Waals surface area contributed by atoms with Gasteiger partial charge in [-0.2, -0.15) is 0 Å². The quantitative estimate of drug-likeness (QED) is 0.170. The predicted molar refractivity (Wildman–Crippen MR) is 143 cm³/mol. The zero-order valence-electron chi connectivity index (χ0n) is 20.8. The molecule has 0 unspecified atom stereocenters. The third-order valence-electron chi connectivity index (χ3n) is 6.80. The first-order chi connectivity index (χ1) is 16.7. The van der Waals surface area contributed by atoms with E-state index < -0.39 is 6.04 Å². The summed E-state index contributed by atoms with van der Waals surface area (Å²) in [6.07, 6.45) is 16.5. The summed E-state index contributed by atoms with van der Waals surface area (Å²) >= 11 is 8.19. The number of nitrogens with zero attached hydrogens (tertiary/aromatic N) is 1. The Balaban J connectivity index is 1.38. The molecule has 0 saturated heterocycles. The molecule has 0 saturated carbocycles. The lowest BCUT2D eigenvalue weighted by Gasteiger charge is -2.33. The maximum atomic E-state index is 13.2. The zero-order chi connectivity index (χ0) is 24.0. The molecule has 1 aromatic carbocycles. The van der Waals surface area contributed by atoms with Crippen LogP contribution in [-0.4, -0.2) is 24.0 Å². The van der Waals surface area contributed by atoms with E-state index in [0.29, 0.717) is 11.6 Å². The van der Waals surface area contributed by atoms with Crippen molar-refractivity contribution in [3.05, 3.63) is 56.7 Å². The lowest BCUT2D eigenvalue weighted by molar-refractivity contribution is -0.151. The summed E-state index contributed by atoms with van der Waals surface area (Å²) in [6, 6.07) is 9.25. The molecule has 0 N–H and O–H groups in total. The lowest BCUT2D eigenvalue weighted by atomic mass is 10.0. The van der Waals surface area contributed by atoms with Crippen LogP contribution in [-0.2, 0) is 22.5 Å². The van der Waals surface area contributed by atoms with Crippen LogP contribution >= 0.6 is 22.9 Å². The monoisotopic (exact) mass is 502 g/mol. The largest absolute Gasteiger partial charge is 0.464 e. The van der Waals surface area contributed by atoms with Crippen molar-refractivity contribution in [1.82, 2.24) is 4.90 Å². The molecule has 2 heterocycles. The van der Waals surface area contributed by atoms with Gasteiger partial charge in [-0.05, 0) is 36.1 Å². The third kappa shape index (κ3) is 8.70. The average Bonchev–Trinajstić information content (AvgIpc) is 3.31.